The minimum Gasteiger partial charge on any atom is -0.201 e. The van der Waals surface area contributed by atoms with Gasteiger partial charge in [-0.05, 0) is 208 Å². The Hall–Kier alpha value is -9.64. The predicted molar refractivity (Wildman–Crippen MR) is 371 cm³/mol. The lowest BCUT2D eigenvalue weighted by atomic mass is 9.93. The monoisotopic (exact) mass is 1170 g/mol. The Morgan fingerprint density at radius 2 is 0.602 bits per heavy atom. The van der Waals surface area contributed by atoms with Gasteiger partial charge >= 0.3 is 0 Å². The molecule has 0 bridgehead atoms. The highest BCUT2D eigenvalue weighted by Gasteiger charge is 2.20. The Morgan fingerprint density at radius 1 is 0.227 bits per heavy atom. The Balaban J connectivity index is 0.000000168. The molecule has 0 aliphatic rings. The van der Waals surface area contributed by atoms with Crippen molar-refractivity contribution in [3.63, 3.8) is 0 Å². The Morgan fingerprint density at radius 3 is 1.02 bits per heavy atom. The maximum Gasteiger partial charge on any atom is 0.213 e. The number of pyridine rings is 4. The summed E-state index contributed by atoms with van der Waals surface area (Å²) in [4.78, 5) is 0. The van der Waals surface area contributed by atoms with E-state index in [4.69, 9.17) is 28.8 Å². The van der Waals surface area contributed by atoms with Crippen LogP contribution in [0.2, 0.25) is 0 Å². The average Bonchev–Trinajstić information content (AvgIpc) is 0.778. The zero-order valence-electron chi connectivity index (χ0n) is 72.4. The summed E-state index contributed by atoms with van der Waals surface area (Å²) in [7, 11) is 7.40. The quantitative estimate of drug-likeness (QED) is 0.135. The highest BCUT2D eigenvalue weighted by Crippen LogP contribution is 2.35. The molecule has 0 atom stereocenters. The number of hydrogen-bond donors (Lipinski definition) is 0. The second kappa shape index (κ2) is 28.3. The van der Waals surface area contributed by atoms with Crippen molar-refractivity contribution >= 4 is 0 Å². The minimum absolute atomic E-state index is 0.263. The molecule has 0 unspecified atom stereocenters. The number of benzene rings is 8. The molecule has 0 spiro atoms. The minimum atomic E-state index is -2.25. The largest absolute Gasteiger partial charge is 0.213 e. The van der Waals surface area contributed by atoms with E-state index in [1.807, 2.05) is 222 Å². The van der Waals surface area contributed by atoms with Crippen LogP contribution in [0.3, 0.4) is 0 Å². The van der Waals surface area contributed by atoms with Crippen molar-refractivity contribution in [3.8, 4) is 89.5 Å². The topological polar surface area (TPSA) is 15.5 Å². The summed E-state index contributed by atoms with van der Waals surface area (Å²) in [6.45, 7) is -6.02. The fourth-order valence-corrected chi connectivity index (χ4v) is 11.0. The van der Waals surface area contributed by atoms with Gasteiger partial charge in [-0.2, -0.15) is 0 Å². The normalized spacial score (nSPS) is 15.3. The van der Waals surface area contributed by atoms with Crippen molar-refractivity contribution in [1.29, 1.82) is 0 Å². The van der Waals surface area contributed by atoms with Crippen LogP contribution in [-0.4, -0.2) is 0 Å². The third kappa shape index (κ3) is 14.8. The summed E-state index contributed by atoms with van der Waals surface area (Å²) in [5.41, 5.74) is 19.6. The van der Waals surface area contributed by atoms with Crippen LogP contribution in [-0.2, 0) is 28.2 Å². The molecule has 4 nitrogen and oxygen atoms in total. The van der Waals surface area contributed by atoms with Crippen LogP contribution in [0.5, 0.6) is 0 Å². The van der Waals surface area contributed by atoms with Crippen molar-refractivity contribution in [3.05, 3.63) is 310 Å². The van der Waals surface area contributed by atoms with Crippen molar-refractivity contribution in [2.45, 2.75) is 82.6 Å². The van der Waals surface area contributed by atoms with Crippen LogP contribution >= 0.6 is 0 Å². The second-order valence-corrected chi connectivity index (χ2v) is 22.2. The van der Waals surface area contributed by atoms with E-state index in [0.717, 1.165) is 95.1 Å². The lowest BCUT2D eigenvalue weighted by Gasteiger charge is -2.12. The molecule has 4 heteroatoms. The molecule has 4 aromatic heterocycles. The van der Waals surface area contributed by atoms with Crippen molar-refractivity contribution in [2.75, 3.05) is 0 Å². The first kappa shape index (κ1) is 40.7. The summed E-state index contributed by atoms with van der Waals surface area (Å²) >= 11 is 0. The molecule has 12 rings (SSSR count). The third-order valence-corrected chi connectivity index (χ3v) is 15.7. The highest BCUT2D eigenvalue weighted by atomic mass is 14.9. The molecule has 0 amide bonds. The highest BCUT2D eigenvalue weighted by molar-refractivity contribution is 5.79. The number of hydrogen-bond acceptors (Lipinski definition) is 0. The maximum atomic E-state index is 7.97. The fraction of sp³-hybridized carbons (Fsp3) is 0.190. The molecule has 0 saturated carbocycles. The third-order valence-electron chi connectivity index (χ3n) is 15.7. The molecule has 0 aliphatic heterocycles. The van der Waals surface area contributed by atoms with Crippen LogP contribution in [0, 0.1) is 82.6 Å². The molecule has 0 fully saturated rings. The van der Waals surface area contributed by atoms with Crippen LogP contribution in [0.1, 0.15) is 95.5 Å². The molecule has 0 aliphatic carbocycles. The van der Waals surface area contributed by atoms with Gasteiger partial charge in [0.2, 0.25) is 22.8 Å². The van der Waals surface area contributed by atoms with E-state index in [1.165, 1.54) is 0 Å². The van der Waals surface area contributed by atoms with E-state index in [-0.39, 0.29) is 11.1 Å². The molecule has 88 heavy (non-hydrogen) atoms. The lowest BCUT2D eigenvalue weighted by Crippen LogP contribution is -2.31. The standard InChI is InChI=1S/C22H24N.2C21H22N.C20H20N/c1-15-12-22(23(5)14-18(15)4)21-13-20(16(2)11-17(21)3)19-9-7-6-8-10-19;1-15-10-11-21(22(4)14-15)20-13-19(16(2)12-17(20)3)18-8-6-5-7-9-18;1-15-10-11-19(16(2)12-15)21-13-20(17(3)14-22(21)4)18-8-6-5-7-9-18;1-15-13-16(2)19(20-11-7-8-12-21(20)3)14-18(15)17-9-5-4-6-10-17/h6-14H,1-5H3;2*5-14H,1-4H3;4-14H,1-3H3/q4*+1/i2D3,4D3;1D3,2D3;1D3,3D3;1D3. The molecule has 0 N–H and O–H groups in total. The first-order valence-corrected chi connectivity index (χ1v) is 29.0. The fourth-order valence-electron chi connectivity index (χ4n) is 11.0. The molecule has 12 aromatic rings. The van der Waals surface area contributed by atoms with Gasteiger partial charge in [-0.1, -0.05) is 157 Å². The average molecular weight is 1170 g/mol. The van der Waals surface area contributed by atoms with Crippen molar-refractivity contribution in [2.24, 2.45) is 28.2 Å². The number of rotatable bonds is 8. The lowest BCUT2D eigenvalue weighted by molar-refractivity contribution is -0.660. The Bertz CT molecular complexity index is 5070. The van der Waals surface area contributed by atoms with Crippen molar-refractivity contribution < 1.29 is 47.1 Å². The molecule has 0 saturated heterocycles. The predicted octanol–water partition coefficient (Wildman–Crippen LogP) is 19.1. The molecule has 4 heterocycles. The summed E-state index contributed by atoms with van der Waals surface area (Å²) < 4.78 is 171. The molecule has 0 radical (unpaired) electrons. The summed E-state index contributed by atoms with van der Waals surface area (Å²) in [5, 5.41) is 0. The van der Waals surface area contributed by atoms with Crippen molar-refractivity contribution in [1.82, 2.24) is 0 Å². The van der Waals surface area contributed by atoms with Crippen LogP contribution in [0.25, 0.3) is 89.5 Å². The zero-order chi connectivity index (χ0) is 80.3. The SMILES string of the molecule is [2H]C([2H])([2H])c1c[n+](C)c(-c2cc(-c3ccccc3)c(C([2H])([2H])[2H])cc2C)cc1C.[2H]C([2H])([2H])c1cc(C)c(-c2cccc[n+]2C)cc1-c1ccccc1.[2H]C([2H])([2H])c1ccc(-c2cc(-c3ccccc3)c(C([2H])([2H])[2H])c[n+]2C)c(C)c1.[2H]C([2H])([2H])c1ccc(-c2cc(-c3ccccc3)c(C([2H])([2H])[2H])cc2C)[n+](C)c1. The first-order chi connectivity index (χ1) is 50.7. The molecular weight excluding hydrogens is 1060 g/mol. The van der Waals surface area contributed by atoms with Gasteiger partial charge in [-0.25, -0.2) is 18.3 Å². The van der Waals surface area contributed by atoms with Crippen LogP contribution in [0.15, 0.2) is 243 Å². The van der Waals surface area contributed by atoms with Gasteiger partial charge < -0.3 is 0 Å². The van der Waals surface area contributed by atoms with E-state index in [2.05, 4.69) is 0 Å². The smallest absolute Gasteiger partial charge is 0.201 e. The van der Waals surface area contributed by atoms with Gasteiger partial charge in [0.15, 0.2) is 24.8 Å². The molecular formula is C84H88N4+4. The maximum absolute atomic E-state index is 7.97. The van der Waals surface area contributed by atoms with Gasteiger partial charge in [0.1, 0.15) is 28.2 Å². The number of aromatic nitrogens is 4. The first-order valence-electron chi connectivity index (χ1n) is 39.5. The van der Waals surface area contributed by atoms with E-state index in [9.17, 15) is 0 Å². The molecule has 440 valence electrons. The summed E-state index contributed by atoms with van der Waals surface area (Å²) in [6.07, 6.45) is 6.87. The van der Waals surface area contributed by atoms with E-state index in [1.54, 1.807) is 102 Å². The van der Waals surface area contributed by atoms with E-state index < -0.39 is 48.0 Å². The van der Waals surface area contributed by atoms with E-state index in [0.29, 0.717) is 50.1 Å². The Kier molecular flexibility index (Phi) is 13.1. The van der Waals surface area contributed by atoms with E-state index >= 15 is 0 Å². The van der Waals surface area contributed by atoms with Gasteiger partial charge in [-0.15, -0.1) is 0 Å². The number of nitrogens with zero attached hydrogens (tertiary/aromatic N) is 4. The Labute approximate surface area is 555 Å². The summed E-state index contributed by atoms with van der Waals surface area (Å²) in [5.74, 6) is 0. The van der Waals surface area contributed by atoms with Crippen LogP contribution < -0.4 is 18.3 Å². The number of aryl methyl sites for hydroxylation is 16. The zero-order valence-corrected chi connectivity index (χ0v) is 51.4. The van der Waals surface area contributed by atoms with Gasteiger partial charge in [0.05, 0.1) is 0 Å². The summed E-state index contributed by atoms with van der Waals surface area (Å²) in [6, 6.07) is 67.2. The van der Waals surface area contributed by atoms with Gasteiger partial charge in [-0.3, -0.25) is 0 Å². The van der Waals surface area contributed by atoms with Gasteiger partial charge in [0.25, 0.3) is 0 Å². The van der Waals surface area contributed by atoms with Crippen LogP contribution in [0.4, 0.5) is 0 Å². The second-order valence-electron chi connectivity index (χ2n) is 22.2. The van der Waals surface area contributed by atoms with Gasteiger partial charge in [0, 0.05) is 98.1 Å². The molecule has 8 aromatic carbocycles.